The fourth-order valence-electron chi connectivity index (χ4n) is 1.76. The first-order valence-electron chi connectivity index (χ1n) is 5.36. The minimum Gasteiger partial charge on any atom is -0.355 e. The Labute approximate surface area is 93.9 Å². The maximum absolute atomic E-state index is 10.9. The van der Waals surface area contributed by atoms with E-state index in [1.54, 1.807) is 11.3 Å². The highest BCUT2D eigenvalue weighted by Gasteiger charge is 2.16. The molecule has 0 aliphatic carbocycles. The van der Waals surface area contributed by atoms with Gasteiger partial charge in [0.2, 0.25) is 5.91 Å². The minimum absolute atomic E-state index is 0.186. The standard InChI is InChI=1S/C11H16N2OS/c14-11-2-1-10(7-13-11)12-5-3-9-4-6-15-8-9/h4,6,8,10,12H,1-3,5,7H2,(H,13,14). The highest BCUT2D eigenvalue weighted by molar-refractivity contribution is 7.07. The average molecular weight is 224 g/mol. The molecule has 1 amide bonds. The molecular formula is C11H16N2OS. The van der Waals surface area contributed by atoms with E-state index in [-0.39, 0.29) is 5.91 Å². The summed E-state index contributed by atoms with van der Waals surface area (Å²) in [6, 6.07) is 2.62. The van der Waals surface area contributed by atoms with Gasteiger partial charge >= 0.3 is 0 Å². The molecule has 1 aromatic rings. The molecule has 15 heavy (non-hydrogen) atoms. The SMILES string of the molecule is O=C1CCC(NCCc2ccsc2)CN1. The van der Waals surface area contributed by atoms with Crippen molar-refractivity contribution in [3.05, 3.63) is 22.4 Å². The Morgan fingerprint density at radius 2 is 2.53 bits per heavy atom. The average Bonchev–Trinajstić information content (AvgIpc) is 2.74. The van der Waals surface area contributed by atoms with E-state index in [2.05, 4.69) is 27.5 Å². The van der Waals surface area contributed by atoms with E-state index >= 15 is 0 Å². The van der Waals surface area contributed by atoms with Gasteiger partial charge < -0.3 is 10.6 Å². The number of hydrogen-bond acceptors (Lipinski definition) is 3. The first kappa shape index (κ1) is 10.6. The first-order chi connectivity index (χ1) is 7.34. The van der Waals surface area contributed by atoms with E-state index in [0.717, 1.165) is 25.9 Å². The molecule has 4 heteroatoms. The number of carbonyl (C=O) groups excluding carboxylic acids is 1. The van der Waals surface area contributed by atoms with E-state index in [0.29, 0.717) is 12.5 Å². The van der Waals surface area contributed by atoms with Crippen LogP contribution in [0.5, 0.6) is 0 Å². The largest absolute Gasteiger partial charge is 0.355 e. The zero-order chi connectivity index (χ0) is 10.5. The molecule has 0 bridgehead atoms. The fourth-order valence-corrected chi connectivity index (χ4v) is 2.47. The predicted molar refractivity (Wildman–Crippen MR) is 62.1 cm³/mol. The van der Waals surface area contributed by atoms with Crippen LogP contribution < -0.4 is 10.6 Å². The Bertz CT molecular complexity index is 300. The van der Waals surface area contributed by atoms with Gasteiger partial charge in [0.15, 0.2) is 0 Å². The lowest BCUT2D eigenvalue weighted by Crippen LogP contribution is -2.46. The summed E-state index contributed by atoms with van der Waals surface area (Å²) in [6.07, 6.45) is 2.71. The van der Waals surface area contributed by atoms with Crippen molar-refractivity contribution in [1.82, 2.24) is 10.6 Å². The maximum Gasteiger partial charge on any atom is 0.220 e. The molecule has 82 valence electrons. The third-order valence-electron chi connectivity index (χ3n) is 2.69. The monoisotopic (exact) mass is 224 g/mol. The van der Waals surface area contributed by atoms with Crippen LogP contribution in [0.3, 0.4) is 0 Å². The van der Waals surface area contributed by atoms with Crippen molar-refractivity contribution in [2.45, 2.75) is 25.3 Å². The van der Waals surface area contributed by atoms with Crippen LogP contribution in [0.15, 0.2) is 16.8 Å². The number of thiophene rings is 1. The number of carbonyl (C=O) groups is 1. The Hall–Kier alpha value is -0.870. The van der Waals surface area contributed by atoms with Crippen LogP contribution in [-0.4, -0.2) is 25.0 Å². The van der Waals surface area contributed by atoms with Crippen molar-refractivity contribution >= 4 is 17.2 Å². The zero-order valence-electron chi connectivity index (χ0n) is 8.66. The molecule has 3 nitrogen and oxygen atoms in total. The molecule has 1 unspecified atom stereocenters. The minimum atomic E-state index is 0.186. The number of amides is 1. The molecule has 1 aliphatic heterocycles. The van der Waals surface area contributed by atoms with Crippen LogP contribution in [0.4, 0.5) is 0 Å². The molecule has 1 saturated heterocycles. The Morgan fingerprint density at radius 3 is 3.20 bits per heavy atom. The van der Waals surface area contributed by atoms with Gasteiger partial charge in [-0.1, -0.05) is 0 Å². The lowest BCUT2D eigenvalue weighted by atomic mass is 10.1. The van der Waals surface area contributed by atoms with Crippen molar-refractivity contribution in [2.75, 3.05) is 13.1 Å². The molecule has 0 saturated carbocycles. The molecule has 1 fully saturated rings. The molecule has 0 aromatic carbocycles. The quantitative estimate of drug-likeness (QED) is 0.806. The van der Waals surface area contributed by atoms with Crippen LogP contribution in [0.2, 0.25) is 0 Å². The summed E-state index contributed by atoms with van der Waals surface area (Å²) < 4.78 is 0. The van der Waals surface area contributed by atoms with Gasteiger partial charge in [0.25, 0.3) is 0 Å². The Balaban J connectivity index is 1.64. The van der Waals surface area contributed by atoms with Gasteiger partial charge in [-0.15, -0.1) is 0 Å². The third-order valence-corrected chi connectivity index (χ3v) is 3.42. The highest BCUT2D eigenvalue weighted by atomic mass is 32.1. The predicted octanol–water partition coefficient (Wildman–Crippen LogP) is 1.16. The van der Waals surface area contributed by atoms with Gasteiger partial charge in [0.1, 0.15) is 0 Å². The first-order valence-corrected chi connectivity index (χ1v) is 6.30. The molecule has 1 atom stereocenters. The maximum atomic E-state index is 10.9. The summed E-state index contributed by atoms with van der Waals surface area (Å²) in [5.41, 5.74) is 1.40. The van der Waals surface area contributed by atoms with Crippen molar-refractivity contribution < 1.29 is 4.79 Å². The molecule has 2 heterocycles. The summed E-state index contributed by atoms with van der Waals surface area (Å²) in [6.45, 7) is 1.78. The molecule has 1 aliphatic rings. The highest BCUT2D eigenvalue weighted by Crippen LogP contribution is 2.07. The second kappa shape index (κ2) is 5.28. The van der Waals surface area contributed by atoms with E-state index in [1.807, 2.05) is 0 Å². The van der Waals surface area contributed by atoms with Crippen molar-refractivity contribution in [2.24, 2.45) is 0 Å². The smallest absolute Gasteiger partial charge is 0.220 e. The zero-order valence-corrected chi connectivity index (χ0v) is 9.48. The van der Waals surface area contributed by atoms with Crippen LogP contribution in [0.1, 0.15) is 18.4 Å². The Morgan fingerprint density at radius 1 is 1.60 bits per heavy atom. The van der Waals surface area contributed by atoms with Gasteiger partial charge in [-0.2, -0.15) is 11.3 Å². The van der Waals surface area contributed by atoms with Crippen molar-refractivity contribution in [1.29, 1.82) is 0 Å². The van der Waals surface area contributed by atoms with Crippen LogP contribution >= 0.6 is 11.3 Å². The number of hydrogen-bond donors (Lipinski definition) is 2. The fraction of sp³-hybridized carbons (Fsp3) is 0.545. The van der Waals surface area contributed by atoms with Gasteiger partial charge in [-0.25, -0.2) is 0 Å². The Kier molecular flexibility index (Phi) is 3.75. The lowest BCUT2D eigenvalue weighted by molar-refractivity contribution is -0.122. The summed E-state index contributed by atoms with van der Waals surface area (Å²) in [7, 11) is 0. The van der Waals surface area contributed by atoms with Gasteiger partial charge in [-0.3, -0.25) is 4.79 Å². The lowest BCUT2D eigenvalue weighted by Gasteiger charge is -2.23. The topological polar surface area (TPSA) is 41.1 Å². The normalized spacial score (nSPS) is 21.3. The molecule has 2 rings (SSSR count). The van der Waals surface area contributed by atoms with Crippen LogP contribution in [-0.2, 0) is 11.2 Å². The van der Waals surface area contributed by atoms with E-state index in [4.69, 9.17) is 0 Å². The number of piperidine rings is 1. The molecule has 1 aromatic heterocycles. The van der Waals surface area contributed by atoms with Gasteiger partial charge in [0, 0.05) is 19.0 Å². The molecular weight excluding hydrogens is 208 g/mol. The molecule has 0 radical (unpaired) electrons. The number of rotatable bonds is 4. The van der Waals surface area contributed by atoms with Crippen molar-refractivity contribution in [3.63, 3.8) is 0 Å². The van der Waals surface area contributed by atoms with E-state index in [1.165, 1.54) is 5.56 Å². The number of nitrogens with one attached hydrogen (secondary N) is 2. The van der Waals surface area contributed by atoms with Gasteiger partial charge in [-0.05, 0) is 41.8 Å². The second-order valence-corrected chi connectivity index (χ2v) is 4.66. The van der Waals surface area contributed by atoms with E-state index < -0.39 is 0 Å². The van der Waals surface area contributed by atoms with Crippen LogP contribution in [0.25, 0.3) is 0 Å². The molecule has 0 spiro atoms. The van der Waals surface area contributed by atoms with Crippen molar-refractivity contribution in [3.8, 4) is 0 Å². The summed E-state index contributed by atoms with van der Waals surface area (Å²) in [4.78, 5) is 10.9. The summed E-state index contributed by atoms with van der Waals surface area (Å²) in [5.74, 6) is 0.186. The summed E-state index contributed by atoms with van der Waals surface area (Å²) in [5, 5.41) is 10.6. The van der Waals surface area contributed by atoms with Crippen LogP contribution in [0, 0.1) is 0 Å². The third kappa shape index (κ3) is 3.32. The van der Waals surface area contributed by atoms with Gasteiger partial charge in [0.05, 0.1) is 0 Å². The van der Waals surface area contributed by atoms with E-state index in [9.17, 15) is 4.79 Å². The summed E-state index contributed by atoms with van der Waals surface area (Å²) >= 11 is 1.74. The second-order valence-electron chi connectivity index (χ2n) is 3.88. The molecule has 2 N–H and O–H groups in total.